The third-order valence-corrected chi connectivity index (χ3v) is 4.51. The van der Waals surface area contributed by atoms with E-state index in [9.17, 15) is 4.79 Å². The van der Waals surface area contributed by atoms with Crippen molar-refractivity contribution in [2.75, 3.05) is 0 Å². The van der Waals surface area contributed by atoms with E-state index >= 15 is 0 Å². The number of hydrogen-bond donors (Lipinski definition) is 1. The zero-order chi connectivity index (χ0) is 16.4. The fourth-order valence-electron chi connectivity index (χ4n) is 3.38. The normalized spacial score (nSPS) is 12.8. The molecule has 0 bridgehead atoms. The van der Waals surface area contributed by atoms with Gasteiger partial charge in [0.1, 0.15) is 0 Å². The molecular weight excluding hydrogens is 296 g/mol. The Morgan fingerprint density at radius 2 is 1.75 bits per heavy atom. The molecule has 0 saturated heterocycles. The number of nitrogens with zero attached hydrogens (tertiary/aromatic N) is 1. The minimum absolute atomic E-state index is 0.108. The molecule has 1 aliphatic carbocycles. The molecule has 3 heteroatoms. The van der Waals surface area contributed by atoms with E-state index in [2.05, 4.69) is 40.9 Å². The van der Waals surface area contributed by atoms with Crippen molar-refractivity contribution in [3.8, 4) is 0 Å². The zero-order valence-corrected chi connectivity index (χ0v) is 13.3. The van der Waals surface area contributed by atoms with Gasteiger partial charge in [0, 0.05) is 5.56 Å². The second-order valence-corrected chi connectivity index (χ2v) is 6.11. The van der Waals surface area contributed by atoms with Crippen LogP contribution >= 0.6 is 0 Å². The molecule has 118 valence electrons. The summed E-state index contributed by atoms with van der Waals surface area (Å²) in [5.41, 5.74) is 7.46. The van der Waals surface area contributed by atoms with Crippen LogP contribution in [0, 0.1) is 0 Å². The molecule has 1 aliphatic rings. The summed E-state index contributed by atoms with van der Waals surface area (Å²) in [6.45, 7) is 0. The van der Waals surface area contributed by atoms with Crippen LogP contribution in [0.4, 0.5) is 0 Å². The maximum atomic E-state index is 12.0. The zero-order valence-electron chi connectivity index (χ0n) is 13.3. The van der Waals surface area contributed by atoms with Gasteiger partial charge in [0.05, 0.1) is 12.6 Å². The van der Waals surface area contributed by atoms with Crippen LogP contribution in [0.1, 0.15) is 22.3 Å². The van der Waals surface area contributed by atoms with Crippen molar-refractivity contribution in [2.24, 2.45) is 5.10 Å². The highest BCUT2D eigenvalue weighted by Gasteiger charge is 2.14. The number of aryl methyl sites for hydroxylation is 2. The minimum atomic E-state index is -0.108. The van der Waals surface area contributed by atoms with Gasteiger partial charge < -0.3 is 0 Å². The van der Waals surface area contributed by atoms with Gasteiger partial charge in [0.25, 0.3) is 0 Å². The van der Waals surface area contributed by atoms with Crippen molar-refractivity contribution in [1.82, 2.24) is 5.43 Å². The summed E-state index contributed by atoms with van der Waals surface area (Å²) in [7, 11) is 0. The summed E-state index contributed by atoms with van der Waals surface area (Å²) in [6, 6.07) is 20.3. The Bertz CT molecular complexity index is 919. The quantitative estimate of drug-likeness (QED) is 0.580. The molecule has 24 heavy (non-hydrogen) atoms. The number of carbonyl (C=O) groups is 1. The van der Waals surface area contributed by atoms with E-state index in [0.29, 0.717) is 6.42 Å². The van der Waals surface area contributed by atoms with E-state index in [1.165, 1.54) is 21.9 Å². The molecule has 0 unspecified atom stereocenters. The van der Waals surface area contributed by atoms with E-state index in [-0.39, 0.29) is 5.91 Å². The molecule has 3 aromatic carbocycles. The van der Waals surface area contributed by atoms with E-state index < -0.39 is 0 Å². The Morgan fingerprint density at radius 1 is 0.958 bits per heavy atom. The summed E-state index contributed by atoms with van der Waals surface area (Å²) in [5, 5.41) is 6.71. The second-order valence-electron chi connectivity index (χ2n) is 6.11. The molecule has 0 aromatic heterocycles. The lowest BCUT2D eigenvalue weighted by Gasteiger charge is -2.05. The van der Waals surface area contributed by atoms with Crippen LogP contribution in [-0.2, 0) is 24.1 Å². The Kier molecular flexibility index (Phi) is 3.83. The first-order valence-electron chi connectivity index (χ1n) is 8.20. The van der Waals surface area contributed by atoms with Crippen LogP contribution < -0.4 is 5.43 Å². The topological polar surface area (TPSA) is 41.5 Å². The van der Waals surface area contributed by atoms with Gasteiger partial charge in [-0.25, -0.2) is 5.43 Å². The first-order chi connectivity index (χ1) is 11.8. The van der Waals surface area contributed by atoms with Crippen molar-refractivity contribution in [3.63, 3.8) is 0 Å². The largest absolute Gasteiger partial charge is 0.273 e. The van der Waals surface area contributed by atoms with Crippen LogP contribution in [-0.4, -0.2) is 12.1 Å². The van der Waals surface area contributed by atoms with Crippen LogP contribution in [0.2, 0.25) is 0 Å². The van der Waals surface area contributed by atoms with Gasteiger partial charge in [-0.3, -0.25) is 4.79 Å². The molecule has 0 fully saturated rings. The lowest BCUT2D eigenvalue weighted by atomic mass is 10.0. The van der Waals surface area contributed by atoms with Crippen molar-refractivity contribution in [2.45, 2.75) is 19.3 Å². The summed E-state index contributed by atoms with van der Waals surface area (Å²) < 4.78 is 0. The fourth-order valence-corrected chi connectivity index (χ4v) is 3.38. The highest BCUT2D eigenvalue weighted by atomic mass is 16.2. The SMILES string of the molecule is O=C(Cc1ccccc1)N/N=C\c1ccc2c3c(cccc13)CC2. The van der Waals surface area contributed by atoms with Gasteiger partial charge in [0.2, 0.25) is 5.91 Å². The maximum absolute atomic E-state index is 12.0. The van der Waals surface area contributed by atoms with Crippen LogP contribution in [0.3, 0.4) is 0 Å². The maximum Gasteiger partial charge on any atom is 0.244 e. The smallest absolute Gasteiger partial charge is 0.244 e. The van der Waals surface area contributed by atoms with E-state index in [1.54, 1.807) is 6.21 Å². The Labute approximate surface area is 141 Å². The number of hydrazone groups is 1. The average molecular weight is 314 g/mol. The molecule has 3 aromatic rings. The molecule has 4 rings (SSSR count). The third-order valence-electron chi connectivity index (χ3n) is 4.51. The predicted octanol–water partition coefficient (Wildman–Crippen LogP) is 3.63. The Morgan fingerprint density at radius 3 is 2.58 bits per heavy atom. The van der Waals surface area contributed by atoms with Crippen LogP contribution in [0.25, 0.3) is 10.8 Å². The molecular formula is C21H18N2O. The fraction of sp³-hybridized carbons (Fsp3) is 0.143. The number of hydrogen-bond acceptors (Lipinski definition) is 2. The highest BCUT2D eigenvalue weighted by molar-refractivity contribution is 6.03. The van der Waals surface area contributed by atoms with E-state index in [4.69, 9.17) is 0 Å². The van der Waals surface area contributed by atoms with Gasteiger partial charge in [-0.15, -0.1) is 0 Å². The molecule has 0 aliphatic heterocycles. The first-order valence-corrected chi connectivity index (χ1v) is 8.20. The van der Waals surface area contributed by atoms with Crippen molar-refractivity contribution < 1.29 is 4.79 Å². The second kappa shape index (κ2) is 6.28. The van der Waals surface area contributed by atoms with E-state index in [1.807, 2.05) is 30.3 Å². The van der Waals surface area contributed by atoms with E-state index in [0.717, 1.165) is 24.0 Å². The summed E-state index contributed by atoms with van der Waals surface area (Å²) >= 11 is 0. The predicted molar refractivity (Wildman–Crippen MR) is 97.2 cm³/mol. The molecule has 1 N–H and O–H groups in total. The lowest BCUT2D eigenvalue weighted by molar-refractivity contribution is -0.120. The summed E-state index contributed by atoms with van der Waals surface area (Å²) in [5.74, 6) is -0.108. The Hall–Kier alpha value is -2.94. The third kappa shape index (κ3) is 2.81. The van der Waals surface area contributed by atoms with Gasteiger partial charge in [-0.1, -0.05) is 60.7 Å². The molecule has 0 heterocycles. The molecule has 0 atom stereocenters. The molecule has 0 radical (unpaired) electrons. The van der Waals surface area contributed by atoms with Gasteiger partial charge in [-0.05, 0) is 40.3 Å². The number of benzene rings is 3. The monoisotopic (exact) mass is 314 g/mol. The highest BCUT2D eigenvalue weighted by Crippen LogP contribution is 2.32. The standard InChI is InChI=1S/C21H18N2O/c24-20(13-15-5-2-1-3-6-15)23-22-14-18-12-11-17-10-9-16-7-4-8-19(18)21(16)17/h1-8,11-12,14H,9-10,13H2,(H,23,24)/b22-14-. The summed E-state index contributed by atoms with van der Waals surface area (Å²) in [6.07, 6.45) is 4.30. The van der Waals surface area contributed by atoms with Gasteiger partial charge >= 0.3 is 0 Å². The first kappa shape index (κ1) is 14.6. The van der Waals surface area contributed by atoms with Crippen LogP contribution in [0.5, 0.6) is 0 Å². The average Bonchev–Trinajstić information content (AvgIpc) is 3.03. The van der Waals surface area contributed by atoms with Crippen molar-refractivity contribution >= 4 is 22.9 Å². The molecule has 3 nitrogen and oxygen atoms in total. The lowest BCUT2D eigenvalue weighted by Crippen LogP contribution is -2.19. The van der Waals surface area contributed by atoms with Crippen LogP contribution in [0.15, 0.2) is 65.8 Å². The minimum Gasteiger partial charge on any atom is -0.273 e. The number of carbonyl (C=O) groups excluding carboxylic acids is 1. The van der Waals surface area contributed by atoms with Crippen molar-refractivity contribution in [3.05, 3.63) is 82.9 Å². The molecule has 0 saturated carbocycles. The molecule has 0 spiro atoms. The van der Waals surface area contributed by atoms with Gasteiger partial charge in [0.15, 0.2) is 0 Å². The molecule has 1 amide bonds. The Balaban J connectivity index is 1.51. The summed E-state index contributed by atoms with van der Waals surface area (Å²) in [4.78, 5) is 12.0. The van der Waals surface area contributed by atoms with Crippen molar-refractivity contribution in [1.29, 1.82) is 0 Å². The number of rotatable bonds is 4. The number of amides is 1. The van der Waals surface area contributed by atoms with Gasteiger partial charge in [-0.2, -0.15) is 5.10 Å². The number of nitrogens with one attached hydrogen (secondary N) is 1.